The van der Waals surface area contributed by atoms with Crippen molar-refractivity contribution < 1.29 is 33.4 Å². The molecular weight excluding hydrogens is 582 g/mol. The Morgan fingerprint density at radius 2 is 0.733 bits per heavy atom. The van der Waals surface area contributed by atoms with E-state index in [0.717, 1.165) is 6.54 Å². The summed E-state index contributed by atoms with van der Waals surface area (Å²) in [6.45, 7) is 3.34. The van der Waals surface area contributed by atoms with Crippen LogP contribution in [0.3, 0.4) is 0 Å². The van der Waals surface area contributed by atoms with Crippen molar-refractivity contribution in [3.8, 4) is 33.6 Å². The van der Waals surface area contributed by atoms with Crippen molar-refractivity contribution >= 4 is 0 Å². The molecule has 3 aromatic carbocycles. The summed E-state index contributed by atoms with van der Waals surface area (Å²) in [5, 5.41) is 0. The normalized spacial score (nSPS) is 11.2. The third kappa shape index (κ3) is 14.7. The van der Waals surface area contributed by atoms with Crippen molar-refractivity contribution in [1.82, 2.24) is 0 Å². The van der Waals surface area contributed by atoms with Gasteiger partial charge in [-0.05, 0) is 41.8 Å². The number of unbranched alkanes of at least 4 members (excludes halogenated alkanes) is 13. The third-order valence-electron chi connectivity index (χ3n) is 8.15. The molecule has 0 aliphatic carbocycles. The van der Waals surface area contributed by atoms with Crippen LogP contribution in [0.1, 0.15) is 96.8 Å². The van der Waals surface area contributed by atoms with Gasteiger partial charge in [0.25, 0.3) is 0 Å². The fraction of sp³-hybridized carbons (Fsp3) is 0.410. The van der Waals surface area contributed by atoms with Gasteiger partial charge in [0.2, 0.25) is 11.4 Å². The highest BCUT2D eigenvalue weighted by atomic mass is 35.7. The van der Waals surface area contributed by atoms with Gasteiger partial charge in [0.1, 0.15) is 6.54 Å². The first-order valence-electron chi connectivity index (χ1n) is 16.7. The van der Waals surface area contributed by atoms with Gasteiger partial charge < -0.3 is 0 Å². The molecule has 0 bridgehead atoms. The zero-order valence-electron chi connectivity index (χ0n) is 26.9. The van der Waals surface area contributed by atoms with Crippen LogP contribution < -0.4 is 23.2 Å². The van der Waals surface area contributed by atoms with Crippen LogP contribution in [-0.4, -0.2) is 0 Å². The maximum Gasteiger partial charge on any atom is 0.213 e. The molecule has 242 valence electrons. The Balaban J connectivity index is 0.00000102. The summed E-state index contributed by atoms with van der Waals surface area (Å²) in [5.74, 6) is 0. The minimum atomic E-state index is -4.94. The van der Waals surface area contributed by atoms with E-state index in [1.165, 1.54) is 124 Å². The molecule has 1 aromatic heterocycles. The van der Waals surface area contributed by atoms with E-state index in [1.54, 1.807) is 0 Å². The van der Waals surface area contributed by atoms with Crippen molar-refractivity contribution in [3.05, 3.63) is 103 Å². The molecular formula is C39H50ClNO4. The molecule has 6 heteroatoms. The van der Waals surface area contributed by atoms with E-state index in [-0.39, 0.29) is 0 Å². The Hall–Kier alpha value is -3.06. The predicted molar refractivity (Wildman–Crippen MR) is 173 cm³/mol. The Bertz CT molecular complexity index is 1260. The SMILES string of the molecule is CCCCCCCCCCCCCCCC[n+]1c(-c2ccccc2)cc(-c2ccccc2)cc1-c1ccccc1.[O-][Cl+3]([O-])([O-])[O-]. The molecule has 0 radical (unpaired) electrons. The maximum atomic E-state index is 8.49. The second kappa shape index (κ2) is 20.9. The summed E-state index contributed by atoms with van der Waals surface area (Å²) >= 11 is 0. The van der Waals surface area contributed by atoms with Crippen molar-refractivity contribution in [3.63, 3.8) is 0 Å². The van der Waals surface area contributed by atoms with Crippen LogP contribution in [-0.2, 0) is 6.54 Å². The first kappa shape index (κ1) is 36.4. The van der Waals surface area contributed by atoms with Gasteiger partial charge in [-0.3, -0.25) is 0 Å². The summed E-state index contributed by atoms with van der Waals surface area (Å²) in [7, 11) is -4.94. The number of rotatable bonds is 18. The van der Waals surface area contributed by atoms with Crippen LogP contribution >= 0.6 is 0 Å². The summed E-state index contributed by atoms with van der Waals surface area (Å²) in [6, 6.07) is 37.4. The van der Waals surface area contributed by atoms with Crippen LogP contribution in [0.25, 0.3) is 33.6 Å². The Morgan fingerprint density at radius 1 is 0.422 bits per heavy atom. The molecule has 0 saturated heterocycles. The number of pyridine rings is 1. The highest BCUT2D eigenvalue weighted by Gasteiger charge is 2.22. The lowest BCUT2D eigenvalue weighted by Gasteiger charge is -2.17. The van der Waals surface area contributed by atoms with Gasteiger partial charge in [-0.1, -0.05) is 151 Å². The van der Waals surface area contributed by atoms with Gasteiger partial charge in [0.05, 0.1) is 0 Å². The molecule has 0 unspecified atom stereocenters. The number of halogens is 1. The van der Waals surface area contributed by atoms with Crippen molar-refractivity contribution in [1.29, 1.82) is 0 Å². The smallest absolute Gasteiger partial charge is 0.213 e. The fourth-order valence-electron chi connectivity index (χ4n) is 5.82. The molecule has 0 N–H and O–H groups in total. The van der Waals surface area contributed by atoms with Gasteiger partial charge in [-0.2, -0.15) is 4.57 Å². The topological polar surface area (TPSA) is 96.1 Å². The van der Waals surface area contributed by atoms with Crippen molar-refractivity contribution in [2.75, 3.05) is 0 Å². The molecule has 0 atom stereocenters. The molecule has 0 aliphatic heterocycles. The van der Waals surface area contributed by atoms with Crippen molar-refractivity contribution in [2.24, 2.45) is 0 Å². The monoisotopic (exact) mass is 631 g/mol. The third-order valence-corrected chi connectivity index (χ3v) is 8.15. The van der Waals surface area contributed by atoms with Gasteiger partial charge in [-0.25, -0.2) is 18.6 Å². The van der Waals surface area contributed by atoms with Crippen LogP contribution in [0.4, 0.5) is 0 Å². The molecule has 45 heavy (non-hydrogen) atoms. The number of hydrogen-bond acceptors (Lipinski definition) is 4. The van der Waals surface area contributed by atoms with E-state index >= 15 is 0 Å². The van der Waals surface area contributed by atoms with Gasteiger partial charge in [0.15, 0.2) is 0 Å². The molecule has 0 spiro atoms. The average molecular weight is 632 g/mol. The maximum absolute atomic E-state index is 8.49. The lowest BCUT2D eigenvalue weighted by atomic mass is 9.98. The average Bonchev–Trinajstić information content (AvgIpc) is 3.05. The Morgan fingerprint density at radius 3 is 1.09 bits per heavy atom. The quantitative estimate of drug-likeness (QED) is 0.0902. The summed E-state index contributed by atoms with van der Waals surface area (Å²) in [4.78, 5) is 0. The van der Waals surface area contributed by atoms with E-state index in [1.807, 2.05) is 0 Å². The minimum absolute atomic E-state index is 1.04. The predicted octanol–water partition coefficient (Wildman–Crippen LogP) is 6.70. The number of benzene rings is 3. The van der Waals surface area contributed by atoms with E-state index in [2.05, 4.69) is 115 Å². The molecule has 0 aliphatic rings. The molecule has 0 fully saturated rings. The summed E-state index contributed by atoms with van der Waals surface area (Å²) in [6.07, 6.45) is 19.5. The highest BCUT2D eigenvalue weighted by molar-refractivity contribution is 5.73. The van der Waals surface area contributed by atoms with E-state index in [0.29, 0.717) is 0 Å². The van der Waals surface area contributed by atoms with Gasteiger partial charge in [-0.15, -0.1) is 10.2 Å². The highest BCUT2D eigenvalue weighted by Crippen LogP contribution is 2.29. The lowest BCUT2D eigenvalue weighted by molar-refractivity contribution is -2.00. The molecule has 0 saturated carbocycles. The van der Waals surface area contributed by atoms with Crippen LogP contribution in [0.5, 0.6) is 0 Å². The molecule has 0 amide bonds. The van der Waals surface area contributed by atoms with Crippen LogP contribution in [0.2, 0.25) is 0 Å². The number of hydrogen-bond donors (Lipinski definition) is 0. The van der Waals surface area contributed by atoms with Crippen LogP contribution in [0.15, 0.2) is 103 Å². The minimum Gasteiger partial charge on any atom is -0.222 e. The first-order valence-corrected chi connectivity index (χ1v) is 18.0. The Kier molecular flexibility index (Phi) is 16.9. The summed E-state index contributed by atoms with van der Waals surface area (Å²) in [5.41, 5.74) is 7.70. The van der Waals surface area contributed by atoms with Gasteiger partial charge in [0, 0.05) is 29.7 Å². The molecule has 5 nitrogen and oxygen atoms in total. The van der Waals surface area contributed by atoms with E-state index < -0.39 is 10.2 Å². The van der Waals surface area contributed by atoms with E-state index in [9.17, 15) is 0 Å². The number of aromatic nitrogens is 1. The zero-order chi connectivity index (χ0) is 32.2. The number of nitrogens with zero attached hydrogens (tertiary/aromatic N) is 1. The summed E-state index contributed by atoms with van der Waals surface area (Å²) < 4.78 is 36.5. The first-order chi connectivity index (χ1) is 21.9. The molecule has 4 rings (SSSR count). The molecule has 1 heterocycles. The second-order valence-corrected chi connectivity index (χ2v) is 12.5. The standard InChI is InChI=1S/C39H50N.ClHO4/c1-2-3-4-5-6-7-8-9-10-11-12-13-14-24-31-40-38(35-27-20-16-21-28-35)32-37(34-25-18-15-19-26-34)33-39(40)36-29-22-17-23-30-36;2-1(3,4)5/h15-23,25-30,32-33H,2-14,24,31H2,1H3;(H,2,3,4,5)/q+1;/p-1. The zero-order valence-corrected chi connectivity index (χ0v) is 27.6. The van der Waals surface area contributed by atoms with Gasteiger partial charge >= 0.3 is 0 Å². The lowest BCUT2D eigenvalue weighted by Crippen LogP contribution is -2.68. The largest absolute Gasteiger partial charge is 0.222 e. The van der Waals surface area contributed by atoms with Crippen molar-refractivity contribution in [2.45, 2.75) is 103 Å². The van der Waals surface area contributed by atoms with E-state index in [4.69, 9.17) is 18.6 Å². The second-order valence-electron chi connectivity index (χ2n) is 11.7. The fourth-order valence-corrected chi connectivity index (χ4v) is 5.82. The Labute approximate surface area is 273 Å². The van der Waals surface area contributed by atoms with Crippen LogP contribution in [0, 0.1) is 10.2 Å². The molecule has 4 aromatic rings.